The molecule has 3 rings (SSSR count). The Labute approximate surface area is 163 Å². The van der Waals surface area contributed by atoms with Crippen molar-refractivity contribution in [2.45, 2.75) is 32.4 Å². The fourth-order valence-corrected chi connectivity index (χ4v) is 3.04. The van der Waals surface area contributed by atoms with Crippen LogP contribution in [0.4, 0.5) is 11.4 Å². The number of carbonyl (C=O) groups is 3. The topological polar surface area (TPSA) is 84.9 Å². The predicted octanol–water partition coefficient (Wildman–Crippen LogP) is 2.76. The van der Waals surface area contributed by atoms with Gasteiger partial charge in [0.15, 0.2) is 12.7 Å². The highest BCUT2D eigenvalue weighted by Gasteiger charge is 2.30. The Morgan fingerprint density at radius 1 is 1.14 bits per heavy atom. The smallest absolute Gasteiger partial charge is 0.347 e. The Balaban J connectivity index is 1.65. The third-order valence-electron chi connectivity index (χ3n) is 4.35. The van der Waals surface area contributed by atoms with E-state index >= 15 is 0 Å². The fourth-order valence-electron chi connectivity index (χ4n) is 3.04. The average Bonchev–Trinajstić information content (AvgIpc) is 2.80. The van der Waals surface area contributed by atoms with Crippen LogP contribution in [0.15, 0.2) is 54.6 Å². The average molecular weight is 382 g/mol. The Bertz CT molecular complexity index is 868. The second kappa shape index (κ2) is 8.56. The van der Waals surface area contributed by atoms with Gasteiger partial charge in [-0.1, -0.05) is 30.3 Å². The molecule has 0 unspecified atom stereocenters. The van der Waals surface area contributed by atoms with Crippen LogP contribution in [0.25, 0.3) is 0 Å². The Morgan fingerprint density at radius 2 is 1.82 bits per heavy atom. The van der Waals surface area contributed by atoms with Crippen molar-refractivity contribution < 1.29 is 23.9 Å². The van der Waals surface area contributed by atoms with E-state index in [2.05, 4.69) is 5.32 Å². The quantitative estimate of drug-likeness (QED) is 0.804. The molecule has 1 aliphatic heterocycles. The summed E-state index contributed by atoms with van der Waals surface area (Å²) in [7, 11) is 0. The lowest BCUT2D eigenvalue weighted by atomic mass is 10.1. The van der Waals surface area contributed by atoms with E-state index in [1.807, 2.05) is 6.07 Å². The number of amides is 2. The van der Waals surface area contributed by atoms with Crippen molar-refractivity contribution in [2.75, 3.05) is 16.8 Å². The van der Waals surface area contributed by atoms with Gasteiger partial charge in [0.05, 0.1) is 11.4 Å². The molecule has 0 fully saturated rings. The zero-order chi connectivity index (χ0) is 20.1. The van der Waals surface area contributed by atoms with Gasteiger partial charge < -0.3 is 19.7 Å². The summed E-state index contributed by atoms with van der Waals surface area (Å²) in [6.07, 6.45) is -0.700. The van der Waals surface area contributed by atoms with Crippen LogP contribution in [0.1, 0.15) is 20.3 Å². The van der Waals surface area contributed by atoms with Gasteiger partial charge in [-0.15, -0.1) is 0 Å². The van der Waals surface area contributed by atoms with E-state index < -0.39 is 24.6 Å². The Morgan fingerprint density at radius 3 is 2.57 bits per heavy atom. The lowest BCUT2D eigenvalue weighted by molar-refractivity contribution is -0.154. The van der Waals surface area contributed by atoms with Crippen LogP contribution in [0, 0.1) is 0 Å². The minimum absolute atomic E-state index is 0.155. The summed E-state index contributed by atoms with van der Waals surface area (Å²) in [6.45, 7) is 2.91. The highest BCUT2D eigenvalue weighted by atomic mass is 16.6. The van der Waals surface area contributed by atoms with Crippen molar-refractivity contribution in [1.29, 1.82) is 0 Å². The number of ether oxygens (including phenoxy) is 2. The number of esters is 1. The minimum Gasteiger partial charge on any atom is -0.479 e. The summed E-state index contributed by atoms with van der Waals surface area (Å²) in [5, 5.41) is 2.79. The highest BCUT2D eigenvalue weighted by Crippen LogP contribution is 2.31. The third kappa shape index (κ3) is 4.49. The normalized spacial score (nSPS) is 17.0. The first-order chi connectivity index (χ1) is 13.5. The van der Waals surface area contributed by atoms with Gasteiger partial charge in [-0.3, -0.25) is 9.59 Å². The van der Waals surface area contributed by atoms with Crippen molar-refractivity contribution in [1.82, 2.24) is 0 Å². The number of para-hydroxylation sites is 3. The molecular weight excluding hydrogens is 360 g/mol. The SMILES string of the molecule is C[C@H](Oc1ccccc1)C(=O)OCC(=O)N1c2ccccc2NC(=O)C[C@H]1C. The van der Waals surface area contributed by atoms with E-state index in [4.69, 9.17) is 9.47 Å². The second-order valence-corrected chi connectivity index (χ2v) is 6.56. The number of nitrogens with zero attached hydrogens (tertiary/aromatic N) is 1. The molecule has 0 saturated carbocycles. The molecule has 0 bridgehead atoms. The van der Waals surface area contributed by atoms with E-state index in [0.717, 1.165) is 0 Å². The molecule has 146 valence electrons. The summed E-state index contributed by atoms with van der Waals surface area (Å²) in [5.41, 5.74) is 1.13. The summed E-state index contributed by atoms with van der Waals surface area (Å²) in [4.78, 5) is 38.5. The first-order valence-corrected chi connectivity index (χ1v) is 9.05. The molecule has 0 radical (unpaired) electrons. The molecule has 1 aliphatic rings. The lowest BCUT2D eigenvalue weighted by Gasteiger charge is -2.27. The molecule has 2 amide bonds. The van der Waals surface area contributed by atoms with Gasteiger partial charge in [-0.2, -0.15) is 0 Å². The maximum atomic E-state index is 12.8. The monoisotopic (exact) mass is 382 g/mol. The Hall–Kier alpha value is -3.35. The van der Waals surface area contributed by atoms with Crippen LogP contribution in [-0.4, -0.2) is 36.5 Å². The molecule has 7 nitrogen and oxygen atoms in total. The van der Waals surface area contributed by atoms with Crippen molar-refractivity contribution >= 4 is 29.2 Å². The van der Waals surface area contributed by atoms with Gasteiger partial charge in [0.25, 0.3) is 5.91 Å². The van der Waals surface area contributed by atoms with Gasteiger partial charge >= 0.3 is 5.97 Å². The molecule has 0 aliphatic carbocycles. The number of benzene rings is 2. The molecule has 0 aromatic heterocycles. The van der Waals surface area contributed by atoms with E-state index in [-0.39, 0.29) is 18.4 Å². The number of hydrogen-bond acceptors (Lipinski definition) is 5. The molecule has 0 saturated heterocycles. The lowest BCUT2D eigenvalue weighted by Crippen LogP contribution is -2.42. The zero-order valence-electron chi connectivity index (χ0n) is 15.8. The van der Waals surface area contributed by atoms with Crippen LogP contribution in [0.2, 0.25) is 0 Å². The molecule has 2 aromatic rings. The number of anilines is 2. The summed E-state index contributed by atoms with van der Waals surface area (Å²) < 4.78 is 10.7. The van der Waals surface area contributed by atoms with Crippen molar-refractivity contribution in [3.05, 3.63) is 54.6 Å². The Kier molecular flexibility index (Phi) is 5.93. The van der Waals surface area contributed by atoms with E-state index in [1.165, 1.54) is 4.90 Å². The molecular formula is C21H22N2O5. The number of carbonyl (C=O) groups excluding carboxylic acids is 3. The number of hydrogen-bond donors (Lipinski definition) is 1. The van der Waals surface area contributed by atoms with Gasteiger partial charge in [-0.25, -0.2) is 4.79 Å². The van der Waals surface area contributed by atoms with Crippen LogP contribution < -0.4 is 15.0 Å². The van der Waals surface area contributed by atoms with Gasteiger partial charge in [-0.05, 0) is 38.1 Å². The van der Waals surface area contributed by atoms with Crippen LogP contribution in [0.3, 0.4) is 0 Å². The molecule has 2 atom stereocenters. The largest absolute Gasteiger partial charge is 0.479 e. The van der Waals surface area contributed by atoms with Gasteiger partial charge in [0.2, 0.25) is 5.91 Å². The maximum Gasteiger partial charge on any atom is 0.347 e. The summed E-state index contributed by atoms with van der Waals surface area (Å²) in [5.74, 6) is -0.672. The van der Waals surface area contributed by atoms with E-state index in [0.29, 0.717) is 17.1 Å². The third-order valence-corrected chi connectivity index (χ3v) is 4.35. The minimum atomic E-state index is -0.854. The second-order valence-electron chi connectivity index (χ2n) is 6.56. The van der Waals surface area contributed by atoms with Crippen LogP contribution in [-0.2, 0) is 19.1 Å². The molecule has 0 spiro atoms. The fraction of sp³-hybridized carbons (Fsp3) is 0.286. The van der Waals surface area contributed by atoms with Gasteiger partial charge in [0.1, 0.15) is 5.75 Å². The van der Waals surface area contributed by atoms with Gasteiger partial charge in [0, 0.05) is 12.5 Å². The summed E-state index contributed by atoms with van der Waals surface area (Å²) >= 11 is 0. The summed E-state index contributed by atoms with van der Waals surface area (Å²) in [6, 6.07) is 15.6. The van der Waals surface area contributed by atoms with Crippen molar-refractivity contribution in [3.8, 4) is 5.75 Å². The predicted molar refractivity (Wildman–Crippen MR) is 104 cm³/mol. The first-order valence-electron chi connectivity index (χ1n) is 9.05. The highest BCUT2D eigenvalue weighted by molar-refractivity contribution is 6.05. The maximum absolute atomic E-state index is 12.8. The van der Waals surface area contributed by atoms with Crippen molar-refractivity contribution in [3.63, 3.8) is 0 Å². The molecule has 2 aromatic carbocycles. The van der Waals surface area contributed by atoms with Crippen LogP contribution in [0.5, 0.6) is 5.75 Å². The number of nitrogens with one attached hydrogen (secondary N) is 1. The van der Waals surface area contributed by atoms with E-state index in [1.54, 1.807) is 62.4 Å². The van der Waals surface area contributed by atoms with Crippen LogP contribution >= 0.6 is 0 Å². The molecule has 1 N–H and O–H groups in total. The number of fused-ring (bicyclic) bond motifs is 1. The van der Waals surface area contributed by atoms with E-state index in [9.17, 15) is 14.4 Å². The first kappa shape index (κ1) is 19.4. The molecule has 28 heavy (non-hydrogen) atoms. The molecule has 1 heterocycles. The number of rotatable bonds is 5. The zero-order valence-corrected chi connectivity index (χ0v) is 15.8. The standard InChI is InChI=1S/C21H22N2O5/c1-14-12-19(24)22-17-10-6-7-11-18(17)23(14)20(25)13-27-21(26)15(2)28-16-8-4-3-5-9-16/h3-11,14-15H,12-13H2,1-2H3,(H,22,24)/t14-,15+/m1/s1. The van der Waals surface area contributed by atoms with Crippen molar-refractivity contribution in [2.24, 2.45) is 0 Å². The molecule has 7 heteroatoms.